The zero-order chi connectivity index (χ0) is 11.1. The average molecular weight is 266 g/mol. The number of ether oxygens (including phenoxy) is 1. The lowest BCUT2D eigenvalue weighted by atomic mass is 10.1. The van der Waals surface area contributed by atoms with Gasteiger partial charge in [-0.3, -0.25) is 0 Å². The van der Waals surface area contributed by atoms with Crippen LogP contribution in [0.4, 0.5) is 0 Å². The predicted molar refractivity (Wildman–Crippen MR) is 65.0 cm³/mol. The molecule has 0 saturated carbocycles. The molecule has 3 heteroatoms. The Bertz CT molecular complexity index is 376. The minimum Gasteiger partial charge on any atom is -0.479 e. The van der Waals surface area contributed by atoms with E-state index in [0.717, 1.165) is 16.6 Å². The van der Waals surface area contributed by atoms with Crippen molar-refractivity contribution in [2.24, 2.45) is 0 Å². The standard InChI is InChI=1S/C12H12BrNO/c1-10(9-13)8-11-2-4-12(5-3-11)15-7-6-14/h2-5,8H,7,9H2,1H3. The molecule has 0 amide bonds. The molecule has 1 aromatic carbocycles. The van der Waals surface area contributed by atoms with Gasteiger partial charge in [0.15, 0.2) is 6.61 Å². The molecule has 0 aliphatic rings. The van der Waals surface area contributed by atoms with Gasteiger partial charge in [0.25, 0.3) is 0 Å². The van der Waals surface area contributed by atoms with Gasteiger partial charge in [-0.1, -0.05) is 39.7 Å². The molecule has 1 rings (SSSR count). The summed E-state index contributed by atoms with van der Waals surface area (Å²) in [6, 6.07) is 9.61. The Kier molecular flexibility index (Phi) is 4.92. The fraction of sp³-hybridized carbons (Fsp3) is 0.250. The molecular weight excluding hydrogens is 254 g/mol. The van der Waals surface area contributed by atoms with Crippen LogP contribution < -0.4 is 4.74 Å². The van der Waals surface area contributed by atoms with Gasteiger partial charge in [0.1, 0.15) is 11.8 Å². The highest BCUT2D eigenvalue weighted by Gasteiger charge is 1.93. The summed E-state index contributed by atoms with van der Waals surface area (Å²) < 4.78 is 5.15. The fourth-order valence-electron chi connectivity index (χ4n) is 1.10. The van der Waals surface area contributed by atoms with Crippen molar-refractivity contribution in [1.29, 1.82) is 5.26 Å². The van der Waals surface area contributed by atoms with Crippen molar-refractivity contribution in [2.75, 3.05) is 11.9 Å². The molecular formula is C12H12BrNO. The Labute approximate surface area is 98.3 Å². The Morgan fingerprint density at radius 2 is 2.13 bits per heavy atom. The molecule has 0 fully saturated rings. The lowest BCUT2D eigenvalue weighted by Crippen LogP contribution is -1.92. The van der Waals surface area contributed by atoms with E-state index in [1.807, 2.05) is 30.3 Å². The van der Waals surface area contributed by atoms with Crippen LogP contribution in [0.3, 0.4) is 0 Å². The monoisotopic (exact) mass is 265 g/mol. The summed E-state index contributed by atoms with van der Waals surface area (Å²) in [6.45, 7) is 2.16. The van der Waals surface area contributed by atoms with Crippen LogP contribution in [0, 0.1) is 11.3 Å². The summed E-state index contributed by atoms with van der Waals surface area (Å²) in [5.41, 5.74) is 2.40. The molecule has 1 aromatic rings. The SMILES string of the molecule is CC(=Cc1ccc(OCC#N)cc1)CBr. The number of halogens is 1. The second-order valence-corrected chi connectivity index (χ2v) is 3.70. The lowest BCUT2D eigenvalue weighted by molar-refractivity contribution is 0.368. The fourth-order valence-corrected chi connectivity index (χ4v) is 1.26. The molecule has 78 valence electrons. The molecule has 0 N–H and O–H groups in total. The minimum absolute atomic E-state index is 0.0929. The van der Waals surface area contributed by atoms with Crippen LogP contribution in [-0.4, -0.2) is 11.9 Å². The first-order valence-corrected chi connectivity index (χ1v) is 5.71. The smallest absolute Gasteiger partial charge is 0.174 e. The van der Waals surface area contributed by atoms with Crippen molar-refractivity contribution < 1.29 is 4.74 Å². The minimum atomic E-state index is 0.0929. The third kappa shape index (κ3) is 4.18. The predicted octanol–water partition coefficient (Wildman–Crippen LogP) is 3.39. The molecule has 0 saturated heterocycles. The second-order valence-electron chi connectivity index (χ2n) is 3.14. The molecule has 2 nitrogen and oxygen atoms in total. The zero-order valence-corrected chi connectivity index (χ0v) is 10.1. The van der Waals surface area contributed by atoms with Crippen LogP contribution in [-0.2, 0) is 0 Å². The van der Waals surface area contributed by atoms with Gasteiger partial charge in [-0.2, -0.15) is 5.26 Å². The first-order chi connectivity index (χ1) is 7.26. The molecule has 15 heavy (non-hydrogen) atoms. The number of nitriles is 1. The zero-order valence-electron chi connectivity index (χ0n) is 8.53. The van der Waals surface area contributed by atoms with Crippen molar-refractivity contribution >= 4 is 22.0 Å². The topological polar surface area (TPSA) is 33.0 Å². The second kappa shape index (κ2) is 6.26. The quantitative estimate of drug-likeness (QED) is 0.782. The molecule has 0 bridgehead atoms. The highest BCUT2D eigenvalue weighted by Crippen LogP contribution is 2.14. The maximum absolute atomic E-state index is 8.34. The normalized spacial score (nSPS) is 10.9. The Morgan fingerprint density at radius 3 is 2.67 bits per heavy atom. The van der Waals surface area contributed by atoms with Crippen LogP contribution in [0.1, 0.15) is 12.5 Å². The highest BCUT2D eigenvalue weighted by atomic mass is 79.9. The highest BCUT2D eigenvalue weighted by molar-refractivity contribution is 9.09. The molecule has 0 aliphatic carbocycles. The summed E-state index contributed by atoms with van der Waals surface area (Å²) in [4.78, 5) is 0. The van der Waals surface area contributed by atoms with Crippen molar-refractivity contribution in [3.05, 3.63) is 35.4 Å². The van der Waals surface area contributed by atoms with Crippen molar-refractivity contribution in [2.45, 2.75) is 6.92 Å². The number of hydrogen-bond acceptors (Lipinski definition) is 2. The number of nitrogens with zero attached hydrogens (tertiary/aromatic N) is 1. The average Bonchev–Trinajstić information content (AvgIpc) is 2.28. The van der Waals surface area contributed by atoms with E-state index in [9.17, 15) is 0 Å². The van der Waals surface area contributed by atoms with Crippen molar-refractivity contribution in [3.63, 3.8) is 0 Å². The molecule has 0 heterocycles. The van der Waals surface area contributed by atoms with Crippen LogP contribution in [0.25, 0.3) is 6.08 Å². The van der Waals surface area contributed by atoms with E-state index in [4.69, 9.17) is 10.00 Å². The summed E-state index contributed by atoms with van der Waals surface area (Å²) in [6.07, 6.45) is 2.10. The van der Waals surface area contributed by atoms with Crippen LogP contribution in [0.15, 0.2) is 29.8 Å². The van der Waals surface area contributed by atoms with Gasteiger partial charge in [-0.25, -0.2) is 0 Å². The van der Waals surface area contributed by atoms with Gasteiger partial charge in [-0.15, -0.1) is 0 Å². The molecule has 0 aliphatic heterocycles. The Hall–Kier alpha value is -1.27. The maximum Gasteiger partial charge on any atom is 0.174 e. The number of benzene rings is 1. The van der Waals surface area contributed by atoms with Gasteiger partial charge >= 0.3 is 0 Å². The molecule has 0 aromatic heterocycles. The number of allylic oxidation sites excluding steroid dienone is 1. The number of hydrogen-bond donors (Lipinski definition) is 0. The van der Waals surface area contributed by atoms with E-state index in [0.29, 0.717) is 0 Å². The van der Waals surface area contributed by atoms with Gasteiger partial charge in [0, 0.05) is 5.33 Å². The lowest BCUT2D eigenvalue weighted by Gasteiger charge is -2.01. The summed E-state index contributed by atoms with van der Waals surface area (Å²) >= 11 is 3.39. The summed E-state index contributed by atoms with van der Waals surface area (Å²) in [7, 11) is 0. The maximum atomic E-state index is 8.34. The van der Waals surface area contributed by atoms with Crippen LogP contribution >= 0.6 is 15.9 Å². The van der Waals surface area contributed by atoms with E-state index >= 15 is 0 Å². The van der Waals surface area contributed by atoms with Crippen LogP contribution in [0.2, 0.25) is 0 Å². The molecule has 0 atom stereocenters. The van der Waals surface area contributed by atoms with Crippen LogP contribution in [0.5, 0.6) is 5.75 Å². The van der Waals surface area contributed by atoms with E-state index < -0.39 is 0 Å². The summed E-state index contributed by atoms with van der Waals surface area (Å²) in [5, 5.41) is 9.22. The van der Waals surface area contributed by atoms with E-state index in [1.165, 1.54) is 5.57 Å². The Balaban J connectivity index is 2.69. The molecule has 0 unspecified atom stereocenters. The summed E-state index contributed by atoms with van der Waals surface area (Å²) in [5.74, 6) is 0.727. The van der Waals surface area contributed by atoms with Crippen molar-refractivity contribution in [1.82, 2.24) is 0 Å². The molecule has 0 radical (unpaired) electrons. The van der Waals surface area contributed by atoms with Gasteiger partial charge in [-0.05, 0) is 24.6 Å². The van der Waals surface area contributed by atoms with Gasteiger partial charge in [0.2, 0.25) is 0 Å². The van der Waals surface area contributed by atoms with E-state index in [1.54, 1.807) is 0 Å². The third-order valence-electron chi connectivity index (χ3n) is 1.81. The van der Waals surface area contributed by atoms with Gasteiger partial charge in [0.05, 0.1) is 0 Å². The number of rotatable bonds is 4. The van der Waals surface area contributed by atoms with E-state index in [2.05, 4.69) is 28.9 Å². The molecule has 0 spiro atoms. The Morgan fingerprint density at radius 1 is 1.47 bits per heavy atom. The van der Waals surface area contributed by atoms with E-state index in [-0.39, 0.29) is 6.61 Å². The van der Waals surface area contributed by atoms with Crippen molar-refractivity contribution in [3.8, 4) is 11.8 Å². The largest absolute Gasteiger partial charge is 0.479 e. The van der Waals surface area contributed by atoms with Gasteiger partial charge < -0.3 is 4.74 Å². The first-order valence-electron chi connectivity index (χ1n) is 4.59. The first kappa shape index (κ1) is 11.8. The number of alkyl halides is 1. The third-order valence-corrected chi connectivity index (χ3v) is 2.69.